The predicted molar refractivity (Wildman–Crippen MR) is 75.7 cm³/mol. The molecule has 0 aromatic heterocycles. The van der Waals surface area contributed by atoms with E-state index >= 15 is 0 Å². The van der Waals surface area contributed by atoms with Gasteiger partial charge in [0.25, 0.3) is 0 Å². The SMILES string of the molecule is CC(C)c1ccc(CNC(=O)NC(C)(C)C)cc1. The highest BCUT2D eigenvalue weighted by molar-refractivity contribution is 5.74. The van der Waals surface area contributed by atoms with E-state index in [9.17, 15) is 4.79 Å². The lowest BCUT2D eigenvalue weighted by Crippen LogP contribution is -2.46. The first-order valence-electron chi connectivity index (χ1n) is 6.43. The van der Waals surface area contributed by atoms with Crippen molar-refractivity contribution in [1.29, 1.82) is 0 Å². The van der Waals surface area contributed by atoms with Gasteiger partial charge in [-0.3, -0.25) is 0 Å². The lowest BCUT2D eigenvalue weighted by atomic mass is 10.0. The maximum Gasteiger partial charge on any atom is 0.315 e. The summed E-state index contributed by atoms with van der Waals surface area (Å²) in [5.74, 6) is 0.538. The summed E-state index contributed by atoms with van der Waals surface area (Å²) in [4.78, 5) is 11.6. The third-order valence-corrected chi connectivity index (χ3v) is 2.59. The normalized spacial score (nSPS) is 11.4. The monoisotopic (exact) mass is 248 g/mol. The van der Waals surface area contributed by atoms with Crippen LogP contribution in [0.25, 0.3) is 0 Å². The molecule has 0 saturated carbocycles. The number of hydrogen-bond donors (Lipinski definition) is 2. The number of carbonyl (C=O) groups is 1. The molecule has 0 aliphatic heterocycles. The second kappa shape index (κ2) is 5.89. The van der Waals surface area contributed by atoms with Gasteiger partial charge in [-0.1, -0.05) is 38.1 Å². The number of carbonyl (C=O) groups excluding carboxylic acids is 1. The average molecular weight is 248 g/mol. The Morgan fingerprint density at radius 3 is 2.17 bits per heavy atom. The molecule has 3 heteroatoms. The van der Waals surface area contributed by atoms with Gasteiger partial charge in [-0.25, -0.2) is 4.79 Å². The molecule has 1 aromatic carbocycles. The maximum absolute atomic E-state index is 11.6. The van der Waals surface area contributed by atoms with E-state index in [1.807, 2.05) is 20.8 Å². The van der Waals surface area contributed by atoms with Crippen LogP contribution in [0.4, 0.5) is 4.79 Å². The molecule has 0 saturated heterocycles. The Balaban J connectivity index is 2.46. The highest BCUT2D eigenvalue weighted by Gasteiger charge is 2.12. The number of benzene rings is 1. The summed E-state index contributed by atoms with van der Waals surface area (Å²) in [7, 11) is 0. The third kappa shape index (κ3) is 5.21. The molecular formula is C15H24N2O. The Kier molecular flexibility index (Phi) is 4.76. The molecule has 1 rings (SSSR count). The quantitative estimate of drug-likeness (QED) is 0.845. The Bertz CT molecular complexity index is 388. The first kappa shape index (κ1) is 14.6. The molecule has 2 N–H and O–H groups in total. The molecule has 0 bridgehead atoms. The van der Waals surface area contributed by atoms with Crippen molar-refractivity contribution in [2.24, 2.45) is 0 Å². The van der Waals surface area contributed by atoms with Gasteiger partial charge in [-0.15, -0.1) is 0 Å². The topological polar surface area (TPSA) is 41.1 Å². The zero-order valence-electron chi connectivity index (χ0n) is 12.0. The third-order valence-electron chi connectivity index (χ3n) is 2.59. The van der Waals surface area contributed by atoms with E-state index in [2.05, 4.69) is 48.7 Å². The van der Waals surface area contributed by atoms with Crippen LogP contribution in [-0.4, -0.2) is 11.6 Å². The van der Waals surface area contributed by atoms with Crippen LogP contribution in [0.15, 0.2) is 24.3 Å². The summed E-state index contributed by atoms with van der Waals surface area (Å²) in [5, 5.41) is 5.72. The second-order valence-corrected chi connectivity index (χ2v) is 5.95. The van der Waals surface area contributed by atoms with Gasteiger partial charge in [-0.05, 0) is 37.8 Å². The second-order valence-electron chi connectivity index (χ2n) is 5.95. The Hall–Kier alpha value is -1.51. The molecule has 0 spiro atoms. The van der Waals surface area contributed by atoms with Crippen molar-refractivity contribution in [1.82, 2.24) is 10.6 Å². The molecule has 100 valence electrons. The van der Waals surface area contributed by atoms with Crippen molar-refractivity contribution in [3.8, 4) is 0 Å². The van der Waals surface area contributed by atoms with Gasteiger partial charge in [0.05, 0.1) is 0 Å². The lowest BCUT2D eigenvalue weighted by Gasteiger charge is -2.20. The zero-order chi connectivity index (χ0) is 13.8. The molecule has 0 heterocycles. The van der Waals surface area contributed by atoms with Gasteiger partial charge in [-0.2, -0.15) is 0 Å². The summed E-state index contributed by atoms with van der Waals surface area (Å²) in [5.41, 5.74) is 2.23. The van der Waals surface area contributed by atoms with Crippen LogP contribution in [0.1, 0.15) is 51.7 Å². The van der Waals surface area contributed by atoms with Gasteiger partial charge in [0.15, 0.2) is 0 Å². The van der Waals surface area contributed by atoms with Gasteiger partial charge in [0, 0.05) is 12.1 Å². The molecule has 0 aliphatic carbocycles. The highest BCUT2D eigenvalue weighted by atomic mass is 16.2. The van der Waals surface area contributed by atoms with Crippen molar-refractivity contribution >= 4 is 6.03 Å². The molecule has 3 nitrogen and oxygen atoms in total. The molecule has 0 fully saturated rings. The largest absolute Gasteiger partial charge is 0.334 e. The number of urea groups is 1. The number of hydrogen-bond acceptors (Lipinski definition) is 1. The van der Waals surface area contributed by atoms with Gasteiger partial charge in [0.1, 0.15) is 0 Å². The fourth-order valence-corrected chi connectivity index (χ4v) is 1.59. The summed E-state index contributed by atoms with van der Waals surface area (Å²) in [6.07, 6.45) is 0. The molecule has 0 radical (unpaired) electrons. The molecule has 0 aliphatic rings. The molecule has 18 heavy (non-hydrogen) atoms. The van der Waals surface area contributed by atoms with E-state index in [1.165, 1.54) is 5.56 Å². The van der Waals surface area contributed by atoms with Crippen LogP contribution in [0.5, 0.6) is 0 Å². The van der Waals surface area contributed by atoms with Crippen LogP contribution in [0, 0.1) is 0 Å². The summed E-state index contributed by atoms with van der Waals surface area (Å²) < 4.78 is 0. The maximum atomic E-state index is 11.6. The predicted octanol–water partition coefficient (Wildman–Crippen LogP) is 3.41. The highest BCUT2D eigenvalue weighted by Crippen LogP contribution is 2.14. The smallest absolute Gasteiger partial charge is 0.315 e. The van der Waals surface area contributed by atoms with E-state index in [0.29, 0.717) is 12.5 Å². The van der Waals surface area contributed by atoms with E-state index in [-0.39, 0.29) is 11.6 Å². The minimum Gasteiger partial charge on any atom is -0.334 e. The first-order valence-corrected chi connectivity index (χ1v) is 6.43. The molecular weight excluding hydrogens is 224 g/mol. The minimum atomic E-state index is -0.203. The van der Waals surface area contributed by atoms with Crippen LogP contribution < -0.4 is 10.6 Å². The van der Waals surface area contributed by atoms with E-state index in [1.54, 1.807) is 0 Å². The number of nitrogens with one attached hydrogen (secondary N) is 2. The van der Waals surface area contributed by atoms with Crippen LogP contribution in [-0.2, 0) is 6.54 Å². The first-order chi connectivity index (χ1) is 8.28. The van der Waals surface area contributed by atoms with Crippen molar-refractivity contribution in [2.45, 2.75) is 52.6 Å². The van der Waals surface area contributed by atoms with Crippen LogP contribution >= 0.6 is 0 Å². The summed E-state index contributed by atoms with van der Waals surface area (Å²) >= 11 is 0. The summed E-state index contributed by atoms with van der Waals surface area (Å²) in [6.45, 7) is 10.8. The van der Waals surface area contributed by atoms with Crippen molar-refractivity contribution < 1.29 is 4.79 Å². The van der Waals surface area contributed by atoms with Crippen molar-refractivity contribution in [2.75, 3.05) is 0 Å². The molecule has 2 amide bonds. The molecule has 0 unspecified atom stereocenters. The van der Waals surface area contributed by atoms with E-state index in [0.717, 1.165) is 5.56 Å². The summed E-state index contributed by atoms with van der Waals surface area (Å²) in [6, 6.07) is 8.22. The fraction of sp³-hybridized carbons (Fsp3) is 0.533. The van der Waals surface area contributed by atoms with Crippen LogP contribution in [0.3, 0.4) is 0 Å². The Morgan fingerprint density at radius 1 is 1.17 bits per heavy atom. The van der Waals surface area contributed by atoms with E-state index in [4.69, 9.17) is 0 Å². The van der Waals surface area contributed by atoms with Gasteiger partial charge >= 0.3 is 6.03 Å². The molecule has 1 aromatic rings. The lowest BCUT2D eigenvalue weighted by molar-refractivity contribution is 0.231. The number of rotatable bonds is 3. The van der Waals surface area contributed by atoms with Crippen LogP contribution in [0.2, 0.25) is 0 Å². The number of amides is 2. The van der Waals surface area contributed by atoms with Gasteiger partial charge < -0.3 is 10.6 Å². The Morgan fingerprint density at radius 2 is 1.72 bits per heavy atom. The average Bonchev–Trinajstić information content (AvgIpc) is 2.24. The fourth-order valence-electron chi connectivity index (χ4n) is 1.59. The van der Waals surface area contributed by atoms with Crippen molar-refractivity contribution in [3.63, 3.8) is 0 Å². The minimum absolute atomic E-state index is 0.129. The van der Waals surface area contributed by atoms with Crippen molar-refractivity contribution in [3.05, 3.63) is 35.4 Å². The standard InChI is InChI=1S/C15H24N2O/c1-11(2)13-8-6-12(7-9-13)10-16-14(18)17-15(3,4)5/h6-9,11H,10H2,1-5H3,(H2,16,17,18). The Labute approximate surface area is 110 Å². The zero-order valence-corrected chi connectivity index (χ0v) is 12.0. The molecule has 0 atom stereocenters. The van der Waals surface area contributed by atoms with Gasteiger partial charge in [0.2, 0.25) is 0 Å². The van der Waals surface area contributed by atoms with E-state index < -0.39 is 0 Å².